The Hall–Kier alpha value is -3.35. The number of carbonyl (C=O) groups excluding carboxylic acids is 1. The van der Waals surface area contributed by atoms with Gasteiger partial charge in [-0.25, -0.2) is 28.2 Å². The Labute approximate surface area is 181 Å². The van der Waals surface area contributed by atoms with E-state index in [9.17, 15) is 13.2 Å². The van der Waals surface area contributed by atoms with E-state index in [2.05, 4.69) is 25.6 Å². The van der Waals surface area contributed by atoms with Crippen LogP contribution in [-0.4, -0.2) is 45.0 Å². The molecule has 1 amide bonds. The van der Waals surface area contributed by atoms with Gasteiger partial charge in [0.05, 0.1) is 17.2 Å². The second kappa shape index (κ2) is 8.79. The van der Waals surface area contributed by atoms with Crippen molar-refractivity contribution in [3.8, 4) is 0 Å². The van der Waals surface area contributed by atoms with Gasteiger partial charge in [0.25, 0.3) is 0 Å². The lowest BCUT2D eigenvalue weighted by atomic mass is 10.2. The molecule has 0 atom stereocenters. The molecule has 0 fully saturated rings. The molecule has 2 aromatic carbocycles. The SMILES string of the molecule is NS(=O)(=O)c1ccc(NC(=O)CSc2ncnc3c2nnn3Cc2ccccc2)cc1. The second-order valence-corrected chi connectivity index (χ2v) is 9.02. The molecule has 10 nitrogen and oxygen atoms in total. The number of hydrogen-bond acceptors (Lipinski definition) is 8. The molecule has 0 radical (unpaired) electrons. The molecule has 4 rings (SSSR count). The molecule has 158 valence electrons. The molecule has 0 aliphatic rings. The van der Waals surface area contributed by atoms with Gasteiger partial charge in [0.1, 0.15) is 11.4 Å². The highest BCUT2D eigenvalue weighted by molar-refractivity contribution is 8.00. The zero-order valence-electron chi connectivity index (χ0n) is 16.0. The van der Waals surface area contributed by atoms with E-state index in [4.69, 9.17) is 5.14 Å². The Bertz CT molecular complexity index is 1320. The summed E-state index contributed by atoms with van der Waals surface area (Å²) in [6, 6.07) is 15.4. The largest absolute Gasteiger partial charge is 0.325 e. The summed E-state index contributed by atoms with van der Waals surface area (Å²) >= 11 is 1.21. The predicted molar refractivity (Wildman–Crippen MR) is 116 cm³/mol. The Kier molecular flexibility index (Phi) is 5.93. The topological polar surface area (TPSA) is 146 Å². The molecule has 3 N–H and O–H groups in total. The molecular weight excluding hydrogens is 438 g/mol. The fraction of sp³-hybridized carbons (Fsp3) is 0.105. The number of nitrogens with two attached hydrogens (primary N) is 1. The molecule has 0 saturated carbocycles. The Morgan fingerprint density at radius 3 is 2.52 bits per heavy atom. The summed E-state index contributed by atoms with van der Waals surface area (Å²) in [5.41, 5.74) is 2.63. The fourth-order valence-electron chi connectivity index (χ4n) is 2.80. The van der Waals surface area contributed by atoms with Crippen LogP contribution in [0.3, 0.4) is 0 Å². The Morgan fingerprint density at radius 1 is 1.06 bits per heavy atom. The van der Waals surface area contributed by atoms with E-state index in [1.165, 1.54) is 42.4 Å². The molecule has 2 aromatic heterocycles. The first kappa shape index (κ1) is 20.9. The molecular formula is C19H17N7O3S2. The number of hydrogen-bond donors (Lipinski definition) is 2. The molecule has 0 saturated heterocycles. The fourth-order valence-corrected chi connectivity index (χ4v) is 4.04. The number of thioether (sulfide) groups is 1. The molecule has 0 spiro atoms. The highest BCUT2D eigenvalue weighted by Crippen LogP contribution is 2.23. The van der Waals surface area contributed by atoms with Crippen LogP contribution in [0.15, 0.2) is 70.8 Å². The van der Waals surface area contributed by atoms with E-state index >= 15 is 0 Å². The van der Waals surface area contributed by atoms with Crippen LogP contribution in [0.25, 0.3) is 11.2 Å². The molecule has 0 aliphatic heterocycles. The molecule has 0 aliphatic carbocycles. The van der Waals surface area contributed by atoms with Crippen molar-refractivity contribution < 1.29 is 13.2 Å². The highest BCUT2D eigenvalue weighted by Gasteiger charge is 2.14. The van der Waals surface area contributed by atoms with Crippen LogP contribution in [0.5, 0.6) is 0 Å². The smallest absolute Gasteiger partial charge is 0.238 e. The quantitative estimate of drug-likeness (QED) is 0.316. The predicted octanol–water partition coefficient (Wildman–Crippen LogP) is 1.65. The monoisotopic (exact) mass is 455 g/mol. The summed E-state index contributed by atoms with van der Waals surface area (Å²) in [5.74, 6) is -0.203. The molecule has 0 bridgehead atoms. The van der Waals surface area contributed by atoms with Gasteiger partial charge in [-0.05, 0) is 29.8 Å². The van der Waals surface area contributed by atoms with Crippen LogP contribution in [-0.2, 0) is 21.4 Å². The third-order valence-electron chi connectivity index (χ3n) is 4.25. The van der Waals surface area contributed by atoms with Crippen molar-refractivity contribution in [1.29, 1.82) is 0 Å². The van der Waals surface area contributed by atoms with Crippen LogP contribution < -0.4 is 10.5 Å². The minimum absolute atomic E-state index is 0.0261. The zero-order valence-corrected chi connectivity index (χ0v) is 17.7. The van der Waals surface area contributed by atoms with Gasteiger partial charge in [-0.3, -0.25) is 4.79 Å². The van der Waals surface area contributed by atoms with Crippen LogP contribution in [0.2, 0.25) is 0 Å². The summed E-state index contributed by atoms with van der Waals surface area (Å²) < 4.78 is 24.3. The van der Waals surface area contributed by atoms with Crippen LogP contribution >= 0.6 is 11.8 Å². The maximum atomic E-state index is 12.3. The summed E-state index contributed by atoms with van der Waals surface area (Å²) in [6.07, 6.45) is 1.42. The summed E-state index contributed by atoms with van der Waals surface area (Å²) in [7, 11) is -3.78. The number of anilines is 1. The number of benzene rings is 2. The van der Waals surface area contributed by atoms with Crippen molar-refractivity contribution in [2.24, 2.45) is 5.14 Å². The first-order valence-corrected chi connectivity index (χ1v) is 11.6. The maximum Gasteiger partial charge on any atom is 0.238 e. The number of nitrogens with zero attached hydrogens (tertiary/aromatic N) is 5. The molecule has 4 aromatic rings. The van der Waals surface area contributed by atoms with Gasteiger partial charge in [-0.1, -0.05) is 47.3 Å². The Morgan fingerprint density at radius 2 is 1.81 bits per heavy atom. The van der Waals surface area contributed by atoms with Gasteiger partial charge in [0.2, 0.25) is 15.9 Å². The van der Waals surface area contributed by atoms with Crippen molar-refractivity contribution in [2.75, 3.05) is 11.1 Å². The van der Waals surface area contributed by atoms with Gasteiger partial charge in [-0.2, -0.15) is 0 Å². The standard InChI is InChI=1S/C19H17N7O3S2/c20-31(28,29)15-8-6-14(7-9-15)23-16(27)11-30-19-17-18(21-12-22-19)26(25-24-17)10-13-4-2-1-3-5-13/h1-9,12H,10-11H2,(H,23,27)(H2,20,28,29). The van der Waals surface area contributed by atoms with Crippen LogP contribution in [0, 0.1) is 0 Å². The van der Waals surface area contributed by atoms with Crippen molar-refractivity contribution in [3.05, 3.63) is 66.5 Å². The number of rotatable bonds is 7. The number of carbonyl (C=O) groups is 1. The minimum atomic E-state index is -3.78. The van der Waals surface area contributed by atoms with Crippen molar-refractivity contribution in [1.82, 2.24) is 25.0 Å². The van der Waals surface area contributed by atoms with Gasteiger partial charge in [0, 0.05) is 5.69 Å². The average molecular weight is 456 g/mol. The van der Waals surface area contributed by atoms with Gasteiger partial charge in [0.15, 0.2) is 11.2 Å². The lowest BCUT2D eigenvalue weighted by Gasteiger charge is -2.06. The van der Waals surface area contributed by atoms with Crippen LogP contribution in [0.4, 0.5) is 5.69 Å². The number of nitrogens with one attached hydrogen (secondary N) is 1. The molecule has 0 unspecified atom stereocenters. The van der Waals surface area contributed by atoms with Gasteiger partial charge >= 0.3 is 0 Å². The second-order valence-electron chi connectivity index (χ2n) is 6.49. The maximum absolute atomic E-state index is 12.3. The normalized spacial score (nSPS) is 11.5. The van der Waals surface area contributed by atoms with E-state index in [1.54, 1.807) is 4.68 Å². The minimum Gasteiger partial charge on any atom is -0.325 e. The number of fused-ring (bicyclic) bond motifs is 1. The van der Waals surface area contributed by atoms with E-state index < -0.39 is 10.0 Å². The highest BCUT2D eigenvalue weighted by atomic mass is 32.2. The van der Waals surface area contributed by atoms with E-state index in [1.807, 2.05) is 30.3 Å². The van der Waals surface area contributed by atoms with Crippen molar-refractivity contribution >= 4 is 44.5 Å². The average Bonchev–Trinajstić information content (AvgIpc) is 3.16. The summed E-state index contributed by atoms with van der Waals surface area (Å²) in [6.45, 7) is 0.521. The summed E-state index contributed by atoms with van der Waals surface area (Å²) in [4.78, 5) is 20.8. The molecule has 2 heterocycles. The van der Waals surface area contributed by atoms with E-state index in [-0.39, 0.29) is 16.6 Å². The summed E-state index contributed by atoms with van der Waals surface area (Å²) in [5, 5.41) is 16.7. The lowest BCUT2D eigenvalue weighted by Crippen LogP contribution is -2.15. The first-order chi connectivity index (χ1) is 14.9. The number of sulfonamides is 1. The van der Waals surface area contributed by atoms with Crippen molar-refractivity contribution in [3.63, 3.8) is 0 Å². The first-order valence-electron chi connectivity index (χ1n) is 9.04. The molecule has 12 heteroatoms. The molecule has 31 heavy (non-hydrogen) atoms. The zero-order chi connectivity index (χ0) is 21.8. The van der Waals surface area contributed by atoms with E-state index in [0.29, 0.717) is 28.4 Å². The Balaban J connectivity index is 1.42. The lowest BCUT2D eigenvalue weighted by molar-refractivity contribution is -0.113. The number of primary sulfonamides is 1. The number of amides is 1. The number of aromatic nitrogens is 5. The van der Waals surface area contributed by atoms with E-state index in [0.717, 1.165) is 5.56 Å². The third-order valence-corrected chi connectivity index (χ3v) is 6.16. The van der Waals surface area contributed by atoms with Gasteiger partial charge < -0.3 is 5.32 Å². The van der Waals surface area contributed by atoms with Crippen LogP contribution in [0.1, 0.15) is 5.56 Å². The third kappa shape index (κ3) is 5.05. The van der Waals surface area contributed by atoms with Gasteiger partial charge in [-0.15, -0.1) is 5.10 Å². The van der Waals surface area contributed by atoms with Crippen molar-refractivity contribution in [2.45, 2.75) is 16.5 Å².